The van der Waals surface area contributed by atoms with E-state index in [1.807, 2.05) is 91.9 Å². The highest BCUT2D eigenvalue weighted by Gasteiger charge is 2.52. The number of nitrogens with one attached hydrogen (secondary N) is 1. The van der Waals surface area contributed by atoms with Crippen molar-refractivity contribution < 1.29 is 14.1 Å². The van der Waals surface area contributed by atoms with Crippen molar-refractivity contribution in [2.75, 3.05) is 0 Å². The number of imide groups is 1. The molecule has 1 fully saturated rings. The summed E-state index contributed by atoms with van der Waals surface area (Å²) in [5.74, 6) is 0.260. The maximum Gasteiger partial charge on any atom is 0.325 e. The van der Waals surface area contributed by atoms with Crippen molar-refractivity contribution in [1.29, 1.82) is 0 Å². The smallest absolute Gasteiger partial charge is 0.325 e. The Bertz CT molecular complexity index is 1300. The van der Waals surface area contributed by atoms with Crippen LogP contribution in [0, 0.1) is 6.92 Å². The lowest BCUT2D eigenvalue weighted by molar-refractivity contribution is -0.132. The number of hydrogen-bond donors (Lipinski definition) is 1. The molecule has 33 heavy (non-hydrogen) atoms. The summed E-state index contributed by atoms with van der Waals surface area (Å²) in [5, 5.41) is 6.97. The van der Waals surface area contributed by atoms with Crippen LogP contribution in [0.15, 0.2) is 89.5 Å². The molecule has 1 atom stereocenters. The van der Waals surface area contributed by atoms with E-state index < -0.39 is 11.6 Å². The Labute approximate surface area is 191 Å². The SMILES string of the molecule is Cc1cccc(-c2noc(CN3C(=O)NC(Cc4ccccc4)(c4ccccc4)C3=O)n2)c1. The minimum atomic E-state index is -1.21. The van der Waals surface area contributed by atoms with Crippen molar-refractivity contribution in [3.63, 3.8) is 0 Å². The van der Waals surface area contributed by atoms with Crippen molar-refractivity contribution in [2.45, 2.75) is 25.4 Å². The van der Waals surface area contributed by atoms with Gasteiger partial charge in [-0.1, -0.05) is 89.6 Å². The van der Waals surface area contributed by atoms with Gasteiger partial charge in [-0.05, 0) is 24.1 Å². The summed E-state index contributed by atoms with van der Waals surface area (Å²) in [6.45, 7) is 1.88. The second-order valence-electron chi connectivity index (χ2n) is 8.14. The molecule has 0 spiro atoms. The minimum absolute atomic E-state index is 0.104. The van der Waals surface area contributed by atoms with E-state index in [-0.39, 0.29) is 18.3 Å². The fraction of sp³-hybridized carbons (Fsp3) is 0.154. The van der Waals surface area contributed by atoms with Gasteiger partial charge in [0.05, 0.1) is 0 Å². The zero-order chi connectivity index (χ0) is 22.8. The van der Waals surface area contributed by atoms with Gasteiger partial charge in [0.2, 0.25) is 11.7 Å². The van der Waals surface area contributed by atoms with Crippen molar-refractivity contribution in [2.24, 2.45) is 0 Å². The Hall–Kier alpha value is -4.26. The average Bonchev–Trinajstić information content (AvgIpc) is 3.40. The maximum absolute atomic E-state index is 13.7. The lowest BCUT2D eigenvalue weighted by Crippen LogP contribution is -2.46. The zero-order valence-corrected chi connectivity index (χ0v) is 18.1. The highest BCUT2D eigenvalue weighted by atomic mass is 16.5. The molecule has 7 heteroatoms. The van der Waals surface area contributed by atoms with Gasteiger partial charge in [0.1, 0.15) is 6.54 Å². The summed E-state index contributed by atoms with van der Waals surface area (Å²) in [6.07, 6.45) is 0.331. The number of urea groups is 1. The highest BCUT2D eigenvalue weighted by Crippen LogP contribution is 2.33. The predicted molar refractivity (Wildman–Crippen MR) is 122 cm³/mol. The topological polar surface area (TPSA) is 88.3 Å². The lowest BCUT2D eigenvalue weighted by Gasteiger charge is -2.27. The number of hydrogen-bond acceptors (Lipinski definition) is 5. The molecule has 1 aliphatic rings. The number of amides is 3. The molecule has 2 heterocycles. The average molecular weight is 438 g/mol. The number of nitrogens with zero attached hydrogens (tertiary/aromatic N) is 3. The largest absolute Gasteiger partial charge is 0.337 e. The van der Waals surface area contributed by atoms with Crippen LogP contribution in [0.5, 0.6) is 0 Å². The zero-order valence-electron chi connectivity index (χ0n) is 18.1. The van der Waals surface area contributed by atoms with Gasteiger partial charge in [0.15, 0.2) is 5.54 Å². The predicted octanol–water partition coefficient (Wildman–Crippen LogP) is 4.24. The number of aryl methyl sites for hydroxylation is 1. The van der Waals surface area contributed by atoms with Crippen LogP contribution in [-0.4, -0.2) is 27.0 Å². The molecule has 7 nitrogen and oxygen atoms in total. The van der Waals surface area contributed by atoms with E-state index in [1.54, 1.807) is 0 Å². The quantitative estimate of drug-likeness (QED) is 0.455. The molecular formula is C26H22N4O3. The molecule has 1 N–H and O–H groups in total. The Morgan fingerprint density at radius 2 is 1.67 bits per heavy atom. The standard InChI is InChI=1S/C26H22N4O3/c1-18-9-8-12-20(15-18)23-27-22(33-29-23)17-30-24(31)26(28-25(30)32,21-13-6-3-7-14-21)16-19-10-4-2-5-11-19/h2-15H,16-17H2,1H3,(H,28,32). The van der Waals surface area contributed by atoms with Gasteiger partial charge in [-0.2, -0.15) is 4.98 Å². The summed E-state index contributed by atoms with van der Waals surface area (Å²) in [7, 11) is 0. The molecule has 1 aliphatic heterocycles. The number of carbonyl (C=O) groups excluding carboxylic acids is 2. The van der Waals surface area contributed by atoms with Gasteiger partial charge in [0, 0.05) is 12.0 Å². The second kappa shape index (κ2) is 8.35. The molecule has 0 radical (unpaired) electrons. The molecule has 0 aliphatic carbocycles. The molecule has 4 aromatic rings. The van der Waals surface area contributed by atoms with Crippen molar-refractivity contribution >= 4 is 11.9 Å². The number of aromatic nitrogens is 2. The molecular weight excluding hydrogens is 416 g/mol. The first-order chi connectivity index (χ1) is 16.0. The van der Waals surface area contributed by atoms with Crippen LogP contribution in [0.2, 0.25) is 0 Å². The number of benzene rings is 3. The number of carbonyl (C=O) groups is 2. The minimum Gasteiger partial charge on any atom is -0.337 e. The molecule has 0 bridgehead atoms. The summed E-state index contributed by atoms with van der Waals surface area (Å²) in [5.41, 5.74) is 2.34. The molecule has 3 amide bonds. The monoisotopic (exact) mass is 438 g/mol. The van der Waals surface area contributed by atoms with Crippen LogP contribution >= 0.6 is 0 Å². The van der Waals surface area contributed by atoms with E-state index in [2.05, 4.69) is 15.5 Å². The molecule has 3 aromatic carbocycles. The first-order valence-electron chi connectivity index (χ1n) is 10.7. The Morgan fingerprint density at radius 3 is 2.39 bits per heavy atom. The summed E-state index contributed by atoms with van der Waals surface area (Å²) < 4.78 is 5.37. The van der Waals surface area contributed by atoms with E-state index in [1.165, 1.54) is 0 Å². The molecule has 0 saturated carbocycles. The van der Waals surface area contributed by atoms with E-state index in [9.17, 15) is 9.59 Å². The van der Waals surface area contributed by atoms with E-state index in [4.69, 9.17) is 4.52 Å². The Morgan fingerprint density at radius 1 is 0.939 bits per heavy atom. The highest BCUT2D eigenvalue weighted by molar-refractivity contribution is 6.07. The van der Waals surface area contributed by atoms with E-state index in [0.717, 1.165) is 27.2 Å². The Kier molecular flexibility index (Phi) is 5.22. The summed E-state index contributed by atoms with van der Waals surface area (Å²) in [4.78, 5) is 32.3. The van der Waals surface area contributed by atoms with Crippen LogP contribution in [0.25, 0.3) is 11.4 Å². The number of rotatable bonds is 6. The molecule has 1 saturated heterocycles. The summed E-state index contributed by atoms with van der Waals surface area (Å²) >= 11 is 0. The first-order valence-corrected chi connectivity index (χ1v) is 10.7. The van der Waals surface area contributed by atoms with Crippen LogP contribution in [0.4, 0.5) is 4.79 Å². The first kappa shape index (κ1) is 20.6. The lowest BCUT2D eigenvalue weighted by atomic mass is 9.83. The third-order valence-corrected chi connectivity index (χ3v) is 5.79. The van der Waals surface area contributed by atoms with Crippen LogP contribution in [0.3, 0.4) is 0 Å². The second-order valence-corrected chi connectivity index (χ2v) is 8.14. The third kappa shape index (κ3) is 3.89. The fourth-order valence-corrected chi connectivity index (χ4v) is 4.17. The molecule has 5 rings (SSSR count). The van der Waals surface area contributed by atoms with Gasteiger partial charge in [-0.25, -0.2) is 4.79 Å². The van der Waals surface area contributed by atoms with Crippen LogP contribution in [0.1, 0.15) is 22.6 Å². The van der Waals surface area contributed by atoms with Crippen LogP contribution in [-0.2, 0) is 23.3 Å². The third-order valence-electron chi connectivity index (χ3n) is 5.79. The van der Waals surface area contributed by atoms with Gasteiger partial charge >= 0.3 is 6.03 Å². The van der Waals surface area contributed by atoms with Crippen LogP contribution < -0.4 is 5.32 Å². The van der Waals surface area contributed by atoms with Gasteiger partial charge in [-0.3, -0.25) is 9.69 Å². The molecule has 1 aromatic heterocycles. The molecule has 1 unspecified atom stereocenters. The van der Waals surface area contributed by atoms with E-state index >= 15 is 0 Å². The van der Waals surface area contributed by atoms with Gasteiger partial charge < -0.3 is 9.84 Å². The van der Waals surface area contributed by atoms with Crippen molar-refractivity contribution in [3.8, 4) is 11.4 Å². The van der Waals surface area contributed by atoms with E-state index in [0.29, 0.717) is 12.2 Å². The maximum atomic E-state index is 13.7. The van der Waals surface area contributed by atoms with Crippen molar-refractivity contribution in [1.82, 2.24) is 20.4 Å². The van der Waals surface area contributed by atoms with Gasteiger partial charge in [-0.15, -0.1) is 0 Å². The molecule has 164 valence electrons. The Balaban J connectivity index is 1.45. The fourth-order valence-electron chi connectivity index (χ4n) is 4.17. The summed E-state index contributed by atoms with van der Waals surface area (Å²) in [6, 6.07) is 26.2. The normalized spacial score (nSPS) is 17.9. The van der Waals surface area contributed by atoms with Gasteiger partial charge in [0.25, 0.3) is 5.91 Å². The van der Waals surface area contributed by atoms with Crippen molar-refractivity contribution in [3.05, 3.63) is 108 Å².